The second kappa shape index (κ2) is 5.88. The summed E-state index contributed by atoms with van der Waals surface area (Å²) < 4.78 is 1.39. The Hall–Kier alpha value is -2.79. The standard InChI is InChI=1S/C17H16ClN5O3/c1-21-12-4-5-13(18)20-14(12)15(11(6-19)16(21)24)22-7-9-2-3-10(8-22)23(9)17(25)26/h4-5,9-10H,2-3,7-8H2,1H3,(H,25,26)/t9-,10+. The van der Waals surface area contributed by atoms with Gasteiger partial charge in [0.05, 0.1) is 23.3 Å². The Bertz CT molecular complexity index is 1010. The zero-order chi connectivity index (χ0) is 18.6. The highest BCUT2D eigenvalue weighted by atomic mass is 35.5. The minimum atomic E-state index is -0.923. The Kier molecular flexibility index (Phi) is 3.77. The van der Waals surface area contributed by atoms with E-state index in [0.717, 1.165) is 12.8 Å². The molecular weight excluding hydrogens is 358 g/mol. The summed E-state index contributed by atoms with van der Waals surface area (Å²) in [4.78, 5) is 32.0. The summed E-state index contributed by atoms with van der Waals surface area (Å²) in [7, 11) is 1.59. The van der Waals surface area contributed by atoms with Crippen molar-refractivity contribution in [2.24, 2.45) is 7.05 Å². The van der Waals surface area contributed by atoms with E-state index in [0.29, 0.717) is 29.8 Å². The third-order valence-electron chi connectivity index (χ3n) is 5.31. The van der Waals surface area contributed by atoms with Gasteiger partial charge in [0.25, 0.3) is 5.56 Å². The van der Waals surface area contributed by atoms with Gasteiger partial charge >= 0.3 is 6.09 Å². The Morgan fingerprint density at radius 2 is 2.00 bits per heavy atom. The molecule has 2 atom stereocenters. The number of rotatable bonds is 1. The first-order valence-corrected chi connectivity index (χ1v) is 8.65. The second-order valence-electron chi connectivity index (χ2n) is 6.68. The van der Waals surface area contributed by atoms with Crippen molar-refractivity contribution in [1.29, 1.82) is 5.26 Å². The number of hydrogen-bond acceptors (Lipinski definition) is 5. The van der Waals surface area contributed by atoms with Crippen LogP contribution in [0, 0.1) is 11.3 Å². The molecule has 8 nitrogen and oxygen atoms in total. The molecule has 134 valence electrons. The predicted octanol–water partition coefficient (Wildman–Crippen LogP) is 1.79. The lowest BCUT2D eigenvalue weighted by molar-refractivity contribution is 0.115. The minimum Gasteiger partial charge on any atom is -0.465 e. The van der Waals surface area contributed by atoms with Gasteiger partial charge in [-0.25, -0.2) is 9.78 Å². The highest BCUT2D eigenvalue weighted by molar-refractivity contribution is 6.29. The maximum atomic E-state index is 12.7. The number of nitriles is 1. The summed E-state index contributed by atoms with van der Waals surface area (Å²) in [5, 5.41) is 19.3. The number of carbonyl (C=O) groups is 1. The van der Waals surface area contributed by atoms with E-state index in [1.807, 2.05) is 11.0 Å². The molecule has 2 aromatic heterocycles. The van der Waals surface area contributed by atoms with Crippen LogP contribution in [0.4, 0.5) is 10.5 Å². The van der Waals surface area contributed by atoms with E-state index in [-0.39, 0.29) is 22.8 Å². The fraction of sp³-hybridized carbons (Fsp3) is 0.412. The zero-order valence-electron chi connectivity index (χ0n) is 14.0. The number of aryl methyl sites for hydroxylation is 1. The zero-order valence-corrected chi connectivity index (χ0v) is 14.8. The monoisotopic (exact) mass is 373 g/mol. The maximum absolute atomic E-state index is 12.7. The number of pyridine rings is 2. The van der Waals surface area contributed by atoms with E-state index in [9.17, 15) is 20.0 Å². The molecule has 4 rings (SSSR count). The van der Waals surface area contributed by atoms with Gasteiger partial charge in [-0.2, -0.15) is 5.26 Å². The number of piperazine rings is 1. The van der Waals surface area contributed by atoms with Gasteiger partial charge in [0.15, 0.2) is 0 Å². The average molecular weight is 374 g/mol. The van der Waals surface area contributed by atoms with Crippen LogP contribution in [-0.2, 0) is 7.05 Å². The number of amides is 1. The summed E-state index contributed by atoms with van der Waals surface area (Å²) in [5.41, 5.74) is 1.14. The number of nitrogens with zero attached hydrogens (tertiary/aromatic N) is 5. The quantitative estimate of drug-likeness (QED) is 0.764. The predicted molar refractivity (Wildman–Crippen MR) is 95.6 cm³/mol. The minimum absolute atomic E-state index is 0.0120. The number of halogens is 1. The highest BCUT2D eigenvalue weighted by Crippen LogP contribution is 2.36. The molecule has 9 heteroatoms. The van der Waals surface area contributed by atoms with Gasteiger partial charge in [0, 0.05) is 20.1 Å². The number of hydrogen-bond donors (Lipinski definition) is 1. The van der Waals surface area contributed by atoms with Gasteiger partial charge in [0.1, 0.15) is 22.3 Å². The lowest BCUT2D eigenvalue weighted by Crippen LogP contribution is -2.56. The van der Waals surface area contributed by atoms with Crippen molar-refractivity contribution in [3.8, 4) is 6.07 Å². The molecule has 26 heavy (non-hydrogen) atoms. The molecule has 1 amide bonds. The van der Waals surface area contributed by atoms with E-state index in [4.69, 9.17) is 11.6 Å². The van der Waals surface area contributed by atoms with Crippen LogP contribution < -0.4 is 10.5 Å². The van der Waals surface area contributed by atoms with Crippen LogP contribution in [0.1, 0.15) is 18.4 Å². The molecule has 2 fully saturated rings. The Morgan fingerprint density at radius 3 is 2.58 bits per heavy atom. The van der Waals surface area contributed by atoms with E-state index in [1.54, 1.807) is 19.2 Å². The van der Waals surface area contributed by atoms with Crippen LogP contribution in [0.5, 0.6) is 0 Å². The maximum Gasteiger partial charge on any atom is 0.407 e. The third-order valence-corrected chi connectivity index (χ3v) is 5.52. The summed E-state index contributed by atoms with van der Waals surface area (Å²) in [5.74, 6) is 0. The van der Waals surface area contributed by atoms with Crippen molar-refractivity contribution in [2.45, 2.75) is 24.9 Å². The van der Waals surface area contributed by atoms with Gasteiger partial charge in [-0.1, -0.05) is 11.6 Å². The lowest BCUT2D eigenvalue weighted by atomic mass is 10.1. The van der Waals surface area contributed by atoms with Crippen LogP contribution in [0.2, 0.25) is 5.15 Å². The fourth-order valence-electron chi connectivity index (χ4n) is 4.18. The molecule has 2 saturated heterocycles. The van der Waals surface area contributed by atoms with Crippen molar-refractivity contribution in [1.82, 2.24) is 14.5 Å². The summed E-state index contributed by atoms with van der Waals surface area (Å²) in [6.07, 6.45) is 0.617. The first kappa shape index (κ1) is 16.7. The molecule has 0 radical (unpaired) electrons. The molecule has 2 aliphatic heterocycles. The van der Waals surface area contributed by atoms with Gasteiger partial charge in [-0.05, 0) is 25.0 Å². The van der Waals surface area contributed by atoms with E-state index in [2.05, 4.69) is 4.98 Å². The molecule has 1 N–H and O–H groups in total. The number of anilines is 1. The number of carboxylic acid groups (broad SMARTS) is 1. The van der Waals surface area contributed by atoms with Crippen molar-refractivity contribution < 1.29 is 9.90 Å². The van der Waals surface area contributed by atoms with Crippen LogP contribution in [-0.4, -0.2) is 50.8 Å². The molecule has 0 aromatic carbocycles. The van der Waals surface area contributed by atoms with Crippen molar-refractivity contribution in [2.75, 3.05) is 18.0 Å². The molecule has 0 spiro atoms. The average Bonchev–Trinajstić information content (AvgIpc) is 2.88. The third kappa shape index (κ3) is 2.31. The summed E-state index contributed by atoms with van der Waals surface area (Å²) in [6, 6.07) is 5.01. The summed E-state index contributed by atoms with van der Waals surface area (Å²) in [6.45, 7) is 0.849. The van der Waals surface area contributed by atoms with Crippen molar-refractivity contribution in [3.05, 3.63) is 33.2 Å². The van der Waals surface area contributed by atoms with E-state index >= 15 is 0 Å². The van der Waals surface area contributed by atoms with Crippen LogP contribution in [0.3, 0.4) is 0 Å². The van der Waals surface area contributed by atoms with Crippen LogP contribution in [0.15, 0.2) is 16.9 Å². The Morgan fingerprint density at radius 1 is 1.35 bits per heavy atom. The Labute approximate surface area is 153 Å². The summed E-state index contributed by atoms with van der Waals surface area (Å²) >= 11 is 6.07. The first-order chi connectivity index (χ1) is 12.4. The smallest absolute Gasteiger partial charge is 0.407 e. The molecule has 2 bridgehead atoms. The molecule has 2 aliphatic rings. The van der Waals surface area contributed by atoms with Gasteiger partial charge < -0.3 is 14.6 Å². The Balaban J connectivity index is 1.91. The van der Waals surface area contributed by atoms with E-state index in [1.165, 1.54) is 9.47 Å². The number of aromatic nitrogens is 2. The molecule has 0 aliphatic carbocycles. The van der Waals surface area contributed by atoms with Crippen molar-refractivity contribution in [3.63, 3.8) is 0 Å². The van der Waals surface area contributed by atoms with Gasteiger partial charge in [-0.15, -0.1) is 0 Å². The highest BCUT2D eigenvalue weighted by Gasteiger charge is 2.43. The topological polar surface area (TPSA) is 102 Å². The van der Waals surface area contributed by atoms with Gasteiger partial charge in [-0.3, -0.25) is 9.69 Å². The molecule has 0 saturated carbocycles. The normalized spacial score (nSPS) is 21.9. The SMILES string of the molecule is Cn1c(=O)c(C#N)c(N2C[C@H]3CC[C@@H](C2)N3C(=O)O)c2nc(Cl)ccc21. The molecular formula is C17H16ClN5O3. The first-order valence-electron chi connectivity index (χ1n) is 8.28. The molecule has 2 aromatic rings. The van der Waals surface area contributed by atoms with Crippen LogP contribution >= 0.6 is 11.6 Å². The lowest BCUT2D eigenvalue weighted by Gasteiger charge is -2.41. The van der Waals surface area contributed by atoms with Crippen molar-refractivity contribution >= 4 is 34.4 Å². The molecule has 4 heterocycles. The van der Waals surface area contributed by atoms with Gasteiger partial charge in [0.2, 0.25) is 0 Å². The second-order valence-corrected chi connectivity index (χ2v) is 7.07. The molecule has 0 unspecified atom stereocenters. The van der Waals surface area contributed by atoms with Crippen LogP contribution in [0.25, 0.3) is 11.0 Å². The largest absolute Gasteiger partial charge is 0.465 e. The number of fused-ring (bicyclic) bond motifs is 3. The van der Waals surface area contributed by atoms with E-state index < -0.39 is 11.7 Å². The fourth-order valence-corrected chi connectivity index (χ4v) is 4.32.